The minimum atomic E-state index is -0.364. The normalized spacial score (nSPS) is 25.9. The Morgan fingerprint density at radius 3 is 3.10 bits per heavy atom. The van der Waals surface area contributed by atoms with E-state index in [1.165, 1.54) is 12.8 Å². The first kappa shape index (κ1) is 13.7. The number of nitrogens with one attached hydrogen (secondary N) is 1. The van der Waals surface area contributed by atoms with Crippen molar-refractivity contribution < 1.29 is 4.79 Å². The molecule has 2 atom stereocenters. The van der Waals surface area contributed by atoms with Crippen LogP contribution in [0.15, 0.2) is 22.7 Å². The maximum Gasteiger partial charge on any atom is 0.236 e. The second kappa shape index (κ2) is 5.26. The lowest BCUT2D eigenvalue weighted by molar-refractivity contribution is -0.118. The third-order valence-corrected chi connectivity index (χ3v) is 4.75. The number of carbonyl (C=O) groups is 1. The lowest BCUT2D eigenvalue weighted by Gasteiger charge is -2.05. The van der Waals surface area contributed by atoms with Crippen LogP contribution in [0.3, 0.4) is 0 Å². The summed E-state index contributed by atoms with van der Waals surface area (Å²) in [7, 11) is 0. The molecule has 1 saturated carbocycles. The van der Waals surface area contributed by atoms with E-state index in [9.17, 15) is 4.79 Å². The highest BCUT2D eigenvalue weighted by Crippen LogP contribution is 2.60. The molecule has 3 rings (SSSR count). The number of anilines is 1. The van der Waals surface area contributed by atoms with Crippen LogP contribution < -0.4 is 5.32 Å². The molecule has 2 unspecified atom stereocenters. The predicted octanol–water partition coefficient (Wildman–Crippen LogP) is 4.24. The minimum Gasteiger partial charge on any atom is -0.325 e. The van der Waals surface area contributed by atoms with Gasteiger partial charge in [-0.05, 0) is 36.6 Å². The van der Waals surface area contributed by atoms with E-state index in [1.54, 1.807) is 0 Å². The Kier molecular flexibility index (Phi) is 3.60. The largest absolute Gasteiger partial charge is 0.325 e. The second-order valence-electron chi connectivity index (χ2n) is 5.65. The number of halogens is 1. The number of benzene rings is 1. The summed E-state index contributed by atoms with van der Waals surface area (Å²) in [4.78, 5) is 12.3. The number of hydrogen-bond donors (Lipinski definition) is 1. The lowest BCUT2D eigenvalue weighted by Crippen LogP contribution is -2.21. The molecule has 1 aliphatic carbocycles. The van der Waals surface area contributed by atoms with Crippen molar-refractivity contribution in [1.82, 2.24) is 0 Å². The molecule has 1 fully saturated rings. The highest BCUT2D eigenvalue weighted by molar-refractivity contribution is 9.10. The van der Waals surface area contributed by atoms with Gasteiger partial charge in [-0.25, -0.2) is 0 Å². The highest BCUT2D eigenvalue weighted by Gasteiger charge is 2.64. The van der Waals surface area contributed by atoms with Gasteiger partial charge in [-0.2, -0.15) is 0 Å². The summed E-state index contributed by atoms with van der Waals surface area (Å²) in [6.45, 7) is 2.20. The molecule has 1 aromatic carbocycles. The summed E-state index contributed by atoms with van der Waals surface area (Å²) in [5, 5.41) is 2.99. The Hall–Kier alpha value is -1.27. The topological polar surface area (TPSA) is 29.1 Å². The number of rotatable bonds is 3. The van der Waals surface area contributed by atoms with Gasteiger partial charge in [0.25, 0.3) is 0 Å². The van der Waals surface area contributed by atoms with Gasteiger partial charge in [0.05, 0.1) is 5.41 Å². The predicted molar refractivity (Wildman–Crippen MR) is 84.5 cm³/mol. The van der Waals surface area contributed by atoms with Gasteiger partial charge in [0.1, 0.15) is 0 Å². The molecule has 104 valence electrons. The maximum absolute atomic E-state index is 12.3. The molecule has 1 aliphatic heterocycles. The SMILES string of the molecule is CCCCCC#CC1CC12C(=O)Nc1ccc(Br)cc12. The number of unbranched alkanes of at least 4 members (excludes halogenated alkanes) is 3. The molecule has 3 heteroatoms. The van der Waals surface area contributed by atoms with Crippen LogP contribution >= 0.6 is 15.9 Å². The van der Waals surface area contributed by atoms with Gasteiger partial charge >= 0.3 is 0 Å². The highest BCUT2D eigenvalue weighted by atomic mass is 79.9. The van der Waals surface area contributed by atoms with Crippen LogP contribution in [0.5, 0.6) is 0 Å². The molecule has 0 radical (unpaired) electrons. The number of fused-ring (bicyclic) bond motifs is 2. The van der Waals surface area contributed by atoms with Crippen LogP contribution in [0, 0.1) is 17.8 Å². The molecular weight excluding hydrogens is 314 g/mol. The van der Waals surface area contributed by atoms with Crippen molar-refractivity contribution in [1.29, 1.82) is 0 Å². The fraction of sp³-hybridized carbons (Fsp3) is 0.471. The Morgan fingerprint density at radius 1 is 1.45 bits per heavy atom. The Balaban J connectivity index is 1.76. The van der Waals surface area contributed by atoms with Crippen LogP contribution in [0.4, 0.5) is 5.69 Å². The third kappa shape index (κ3) is 2.16. The Morgan fingerprint density at radius 2 is 2.30 bits per heavy atom. The first-order valence-electron chi connectivity index (χ1n) is 7.28. The van der Waals surface area contributed by atoms with Crippen LogP contribution in [-0.4, -0.2) is 5.91 Å². The lowest BCUT2D eigenvalue weighted by atomic mass is 9.95. The third-order valence-electron chi connectivity index (χ3n) is 4.26. The van der Waals surface area contributed by atoms with Crippen molar-refractivity contribution in [2.24, 2.45) is 5.92 Å². The number of carbonyl (C=O) groups excluding carboxylic acids is 1. The molecule has 1 N–H and O–H groups in total. The number of hydrogen-bond acceptors (Lipinski definition) is 1. The fourth-order valence-corrected chi connectivity index (χ4v) is 3.36. The molecule has 1 heterocycles. The Labute approximate surface area is 128 Å². The smallest absolute Gasteiger partial charge is 0.236 e. The van der Waals surface area contributed by atoms with E-state index in [0.29, 0.717) is 0 Å². The first-order valence-corrected chi connectivity index (χ1v) is 8.07. The second-order valence-corrected chi connectivity index (χ2v) is 6.57. The molecular formula is C17H18BrNO. The molecule has 1 amide bonds. The van der Waals surface area contributed by atoms with Gasteiger partial charge in [-0.15, -0.1) is 5.92 Å². The van der Waals surface area contributed by atoms with Crippen molar-refractivity contribution in [3.63, 3.8) is 0 Å². The van der Waals surface area contributed by atoms with Gasteiger partial charge in [-0.1, -0.05) is 41.6 Å². The summed E-state index contributed by atoms with van der Waals surface area (Å²) in [5.41, 5.74) is 1.70. The average Bonchev–Trinajstić information content (AvgIpc) is 3.09. The van der Waals surface area contributed by atoms with E-state index >= 15 is 0 Å². The molecule has 2 aliphatic rings. The zero-order chi connectivity index (χ0) is 14.2. The molecule has 0 saturated heterocycles. The van der Waals surface area contributed by atoms with E-state index in [-0.39, 0.29) is 17.2 Å². The quantitative estimate of drug-likeness (QED) is 0.651. The minimum absolute atomic E-state index is 0.124. The summed E-state index contributed by atoms with van der Waals surface area (Å²) in [6, 6.07) is 5.99. The summed E-state index contributed by atoms with van der Waals surface area (Å²) in [5.74, 6) is 6.89. The molecule has 0 aromatic heterocycles. The van der Waals surface area contributed by atoms with E-state index in [2.05, 4.69) is 46.1 Å². The first-order chi connectivity index (χ1) is 9.68. The van der Waals surface area contributed by atoms with Crippen LogP contribution in [-0.2, 0) is 10.2 Å². The molecule has 2 nitrogen and oxygen atoms in total. The Bertz CT molecular complexity index is 613. The summed E-state index contributed by atoms with van der Waals surface area (Å²) >= 11 is 3.49. The zero-order valence-corrected chi connectivity index (χ0v) is 13.2. The van der Waals surface area contributed by atoms with Gasteiger partial charge in [0, 0.05) is 22.5 Å². The van der Waals surface area contributed by atoms with Crippen molar-refractivity contribution in [2.75, 3.05) is 5.32 Å². The van der Waals surface area contributed by atoms with Crippen LogP contribution in [0.25, 0.3) is 0 Å². The van der Waals surface area contributed by atoms with Gasteiger partial charge in [-0.3, -0.25) is 4.79 Å². The summed E-state index contributed by atoms with van der Waals surface area (Å²) in [6.07, 6.45) is 5.44. The van der Waals surface area contributed by atoms with Crippen LogP contribution in [0.1, 0.15) is 44.6 Å². The van der Waals surface area contributed by atoms with Gasteiger partial charge in [0.15, 0.2) is 0 Å². The van der Waals surface area contributed by atoms with Crippen molar-refractivity contribution in [2.45, 2.75) is 44.4 Å². The van der Waals surface area contributed by atoms with Gasteiger partial charge in [0.2, 0.25) is 5.91 Å². The average molecular weight is 332 g/mol. The van der Waals surface area contributed by atoms with Crippen molar-refractivity contribution in [3.8, 4) is 11.8 Å². The standard InChI is InChI=1S/C17H18BrNO/c1-2-3-4-5-6-7-12-11-17(12)14-10-13(18)8-9-15(14)19-16(17)20/h8-10,12H,2-5,11H2,1H3,(H,19,20). The van der Waals surface area contributed by atoms with Crippen molar-refractivity contribution >= 4 is 27.5 Å². The molecule has 1 spiro atoms. The van der Waals surface area contributed by atoms with E-state index in [4.69, 9.17) is 0 Å². The monoisotopic (exact) mass is 331 g/mol. The molecule has 0 bridgehead atoms. The zero-order valence-electron chi connectivity index (χ0n) is 11.6. The maximum atomic E-state index is 12.3. The van der Waals surface area contributed by atoms with E-state index < -0.39 is 0 Å². The van der Waals surface area contributed by atoms with Gasteiger partial charge < -0.3 is 5.32 Å². The van der Waals surface area contributed by atoms with Crippen LogP contribution in [0.2, 0.25) is 0 Å². The molecule has 1 aromatic rings. The van der Waals surface area contributed by atoms with E-state index in [1.807, 2.05) is 12.1 Å². The fourth-order valence-electron chi connectivity index (χ4n) is 3.00. The molecule has 20 heavy (non-hydrogen) atoms. The van der Waals surface area contributed by atoms with E-state index in [0.717, 1.165) is 35.0 Å². The van der Waals surface area contributed by atoms with Crippen molar-refractivity contribution in [3.05, 3.63) is 28.2 Å². The summed E-state index contributed by atoms with van der Waals surface area (Å²) < 4.78 is 1.02. The number of amides is 1.